The molecule has 6 nitrogen and oxygen atoms in total. The molecule has 2 rings (SSSR count). The van der Waals surface area contributed by atoms with E-state index in [0.717, 1.165) is 11.3 Å². The van der Waals surface area contributed by atoms with Gasteiger partial charge in [0.2, 0.25) is 11.8 Å². The highest BCUT2D eigenvalue weighted by molar-refractivity contribution is 5.99. The van der Waals surface area contributed by atoms with E-state index in [2.05, 4.69) is 5.32 Å². The topological polar surface area (TPSA) is 84.7 Å². The number of hydrogen-bond acceptors (Lipinski definition) is 4. The first-order valence-corrected chi connectivity index (χ1v) is 8.44. The number of nitrogens with zero attached hydrogens (tertiary/aromatic N) is 1. The molecule has 0 aliphatic rings. The second kappa shape index (κ2) is 9.70. The molecule has 0 radical (unpaired) electrons. The summed E-state index contributed by atoms with van der Waals surface area (Å²) in [6, 6.07) is 17.3. The number of carbonyl (C=O) groups is 2. The third-order valence-electron chi connectivity index (χ3n) is 4.05. The van der Waals surface area contributed by atoms with Crippen LogP contribution >= 0.6 is 0 Å². The van der Waals surface area contributed by atoms with Crippen LogP contribution in [0.2, 0.25) is 0 Å². The van der Waals surface area contributed by atoms with Gasteiger partial charge >= 0.3 is 0 Å². The summed E-state index contributed by atoms with van der Waals surface area (Å²) in [5.74, 6) is -0.624. The Kier molecular flexibility index (Phi) is 7.32. The summed E-state index contributed by atoms with van der Waals surface area (Å²) in [6.45, 7) is 0.0899. The maximum atomic E-state index is 13.0. The Balaban J connectivity index is 2.18. The maximum Gasteiger partial charge on any atom is 0.249 e. The molecule has 6 heteroatoms. The predicted octanol–water partition coefficient (Wildman–Crippen LogP) is 1.35. The van der Waals surface area contributed by atoms with Crippen LogP contribution in [-0.2, 0) is 20.7 Å². The molecule has 0 saturated heterocycles. The first-order chi connectivity index (χ1) is 12.5. The molecule has 1 unspecified atom stereocenters. The molecule has 0 fully saturated rings. The SMILES string of the molecule is COCC(N)C(=O)N[C@@H](Cc1ccccc1)C(=O)N(C)c1ccccc1. The summed E-state index contributed by atoms with van der Waals surface area (Å²) in [7, 11) is 3.17. The zero-order valence-electron chi connectivity index (χ0n) is 15.1. The van der Waals surface area contributed by atoms with Gasteiger partial charge in [-0.1, -0.05) is 48.5 Å². The van der Waals surface area contributed by atoms with Gasteiger partial charge in [-0.25, -0.2) is 0 Å². The van der Waals surface area contributed by atoms with Crippen molar-refractivity contribution in [3.05, 3.63) is 66.2 Å². The van der Waals surface area contributed by atoms with Gasteiger partial charge in [-0.15, -0.1) is 0 Å². The van der Waals surface area contributed by atoms with Gasteiger partial charge in [0.15, 0.2) is 0 Å². The van der Waals surface area contributed by atoms with E-state index < -0.39 is 18.0 Å². The van der Waals surface area contributed by atoms with Crippen LogP contribution in [0.3, 0.4) is 0 Å². The highest BCUT2D eigenvalue weighted by Crippen LogP contribution is 2.14. The van der Waals surface area contributed by atoms with E-state index in [1.807, 2.05) is 60.7 Å². The van der Waals surface area contributed by atoms with Crippen molar-refractivity contribution in [1.29, 1.82) is 0 Å². The number of benzene rings is 2. The van der Waals surface area contributed by atoms with Gasteiger partial charge in [0.25, 0.3) is 0 Å². The van der Waals surface area contributed by atoms with Crippen LogP contribution in [-0.4, -0.2) is 44.7 Å². The lowest BCUT2D eigenvalue weighted by Gasteiger charge is -2.26. The van der Waals surface area contributed by atoms with Crippen LogP contribution in [0.25, 0.3) is 0 Å². The number of likely N-dealkylation sites (N-methyl/N-ethyl adjacent to an activating group) is 1. The zero-order chi connectivity index (χ0) is 18.9. The second-order valence-corrected chi connectivity index (χ2v) is 6.05. The molecule has 2 aromatic rings. The molecular weight excluding hydrogens is 330 g/mol. The van der Waals surface area contributed by atoms with Gasteiger partial charge in [-0.05, 0) is 17.7 Å². The molecule has 0 aromatic heterocycles. The van der Waals surface area contributed by atoms with Crippen molar-refractivity contribution < 1.29 is 14.3 Å². The number of nitrogens with two attached hydrogens (primary N) is 1. The number of ether oxygens (including phenoxy) is 1. The number of para-hydroxylation sites is 1. The highest BCUT2D eigenvalue weighted by Gasteiger charge is 2.27. The minimum Gasteiger partial charge on any atom is -0.383 e. The van der Waals surface area contributed by atoms with E-state index >= 15 is 0 Å². The molecule has 138 valence electrons. The molecule has 26 heavy (non-hydrogen) atoms. The van der Waals surface area contributed by atoms with Crippen LogP contribution in [0, 0.1) is 0 Å². The van der Waals surface area contributed by atoms with E-state index in [4.69, 9.17) is 10.5 Å². The van der Waals surface area contributed by atoms with Crippen molar-refractivity contribution in [1.82, 2.24) is 5.32 Å². The number of carbonyl (C=O) groups excluding carboxylic acids is 2. The molecule has 0 aliphatic carbocycles. The monoisotopic (exact) mass is 355 g/mol. The highest BCUT2D eigenvalue weighted by atomic mass is 16.5. The van der Waals surface area contributed by atoms with Crippen LogP contribution in [0.4, 0.5) is 5.69 Å². The Morgan fingerprint density at radius 1 is 1.08 bits per heavy atom. The minimum absolute atomic E-state index is 0.0899. The van der Waals surface area contributed by atoms with Gasteiger partial charge in [0.05, 0.1) is 6.61 Å². The third-order valence-corrected chi connectivity index (χ3v) is 4.05. The fourth-order valence-corrected chi connectivity index (χ4v) is 2.60. The van der Waals surface area contributed by atoms with Crippen LogP contribution in [0.15, 0.2) is 60.7 Å². The lowest BCUT2D eigenvalue weighted by atomic mass is 10.0. The number of methoxy groups -OCH3 is 1. The van der Waals surface area contributed by atoms with E-state index in [1.54, 1.807) is 7.05 Å². The number of amides is 2. The summed E-state index contributed by atoms with van der Waals surface area (Å²) in [5, 5.41) is 2.77. The number of nitrogens with one attached hydrogen (secondary N) is 1. The molecule has 2 aromatic carbocycles. The first kappa shape index (κ1) is 19.6. The quantitative estimate of drug-likeness (QED) is 0.749. The normalized spacial score (nSPS) is 12.9. The molecule has 0 saturated carbocycles. The lowest BCUT2D eigenvalue weighted by Crippen LogP contribution is -2.54. The van der Waals surface area contributed by atoms with Crippen LogP contribution < -0.4 is 16.0 Å². The zero-order valence-corrected chi connectivity index (χ0v) is 15.1. The smallest absolute Gasteiger partial charge is 0.249 e. The third kappa shape index (κ3) is 5.40. The average molecular weight is 355 g/mol. The second-order valence-electron chi connectivity index (χ2n) is 6.05. The molecule has 3 N–H and O–H groups in total. The fourth-order valence-electron chi connectivity index (χ4n) is 2.60. The Morgan fingerprint density at radius 3 is 2.23 bits per heavy atom. The fraction of sp³-hybridized carbons (Fsp3) is 0.300. The van der Waals surface area contributed by atoms with Crippen molar-refractivity contribution in [2.24, 2.45) is 5.73 Å². The van der Waals surface area contributed by atoms with Gasteiger partial charge in [-0.3, -0.25) is 9.59 Å². The molecule has 0 bridgehead atoms. The molecular formula is C20H25N3O3. The molecule has 0 spiro atoms. The standard InChI is InChI=1S/C20H25N3O3/c1-23(16-11-7-4-8-12-16)20(25)18(13-15-9-5-3-6-10-15)22-19(24)17(21)14-26-2/h3-12,17-18H,13-14,21H2,1-2H3,(H,22,24)/t17?,18-/m0/s1. The number of rotatable bonds is 8. The van der Waals surface area contributed by atoms with E-state index in [0.29, 0.717) is 6.42 Å². The minimum atomic E-state index is -0.826. The van der Waals surface area contributed by atoms with Crippen LogP contribution in [0.1, 0.15) is 5.56 Å². The van der Waals surface area contributed by atoms with E-state index in [-0.39, 0.29) is 12.5 Å². The van der Waals surface area contributed by atoms with Crippen molar-refractivity contribution in [2.45, 2.75) is 18.5 Å². The van der Waals surface area contributed by atoms with Gasteiger partial charge in [0.1, 0.15) is 12.1 Å². The van der Waals surface area contributed by atoms with Crippen molar-refractivity contribution >= 4 is 17.5 Å². The Morgan fingerprint density at radius 2 is 1.65 bits per heavy atom. The summed E-state index contributed by atoms with van der Waals surface area (Å²) < 4.78 is 4.92. The summed E-state index contributed by atoms with van der Waals surface area (Å²) in [5.41, 5.74) is 7.50. The lowest BCUT2D eigenvalue weighted by molar-refractivity contribution is -0.128. The predicted molar refractivity (Wildman–Crippen MR) is 102 cm³/mol. The van der Waals surface area contributed by atoms with Gasteiger partial charge < -0.3 is 20.7 Å². The van der Waals surface area contributed by atoms with Crippen molar-refractivity contribution in [3.63, 3.8) is 0 Å². The van der Waals surface area contributed by atoms with Gasteiger partial charge in [-0.2, -0.15) is 0 Å². The van der Waals surface area contributed by atoms with Gasteiger partial charge in [0, 0.05) is 26.3 Å². The number of anilines is 1. The largest absolute Gasteiger partial charge is 0.383 e. The summed E-state index contributed by atoms with van der Waals surface area (Å²) >= 11 is 0. The van der Waals surface area contributed by atoms with E-state index in [9.17, 15) is 9.59 Å². The summed E-state index contributed by atoms with van der Waals surface area (Å²) in [4.78, 5) is 26.9. The molecule has 2 amide bonds. The van der Waals surface area contributed by atoms with E-state index in [1.165, 1.54) is 12.0 Å². The maximum absolute atomic E-state index is 13.0. The van der Waals surface area contributed by atoms with Crippen molar-refractivity contribution in [3.8, 4) is 0 Å². The first-order valence-electron chi connectivity index (χ1n) is 8.44. The summed E-state index contributed by atoms with van der Waals surface area (Å²) in [6.07, 6.45) is 0.377. The van der Waals surface area contributed by atoms with Crippen LogP contribution in [0.5, 0.6) is 0 Å². The molecule has 2 atom stereocenters. The Labute approximate surface area is 153 Å². The molecule has 0 aliphatic heterocycles. The number of hydrogen-bond donors (Lipinski definition) is 2. The molecule has 0 heterocycles. The average Bonchev–Trinajstić information content (AvgIpc) is 2.68. The Hall–Kier alpha value is -2.70. The Bertz CT molecular complexity index is 707. The van der Waals surface area contributed by atoms with Crippen molar-refractivity contribution in [2.75, 3.05) is 25.7 Å².